The number of aryl methyl sites for hydroxylation is 2. The van der Waals surface area contributed by atoms with Crippen LogP contribution < -0.4 is 4.74 Å². The van der Waals surface area contributed by atoms with E-state index in [4.69, 9.17) is 23.2 Å². The standard InChI is InChI=1S/C13H8BrCl2F2N3OS/c1-4-19-9-6(16)3-5(15)7(11(9)23-4)10-8(14)12(21(2)20-10)22-13(17)18/h3,13H,1-2H3. The maximum atomic E-state index is 12.5. The average molecular weight is 443 g/mol. The van der Waals surface area contributed by atoms with Crippen molar-refractivity contribution >= 4 is 60.7 Å². The predicted molar refractivity (Wildman–Crippen MR) is 90.9 cm³/mol. The number of nitrogens with zero attached hydrogens (tertiary/aromatic N) is 3. The van der Waals surface area contributed by atoms with Gasteiger partial charge in [0.25, 0.3) is 0 Å². The number of thiazole rings is 1. The minimum absolute atomic E-state index is 0.0876. The summed E-state index contributed by atoms with van der Waals surface area (Å²) in [5.41, 5.74) is 1.56. The highest BCUT2D eigenvalue weighted by Crippen LogP contribution is 2.45. The Hall–Kier alpha value is -0.960. The predicted octanol–water partition coefficient (Wildman–Crippen LogP) is 5.68. The number of alkyl halides is 2. The summed E-state index contributed by atoms with van der Waals surface area (Å²) in [6.45, 7) is -1.11. The van der Waals surface area contributed by atoms with Crippen LogP contribution in [0.3, 0.4) is 0 Å². The van der Waals surface area contributed by atoms with Crippen LogP contribution in [-0.4, -0.2) is 21.4 Å². The second kappa shape index (κ2) is 6.16. The zero-order valence-electron chi connectivity index (χ0n) is 11.7. The normalized spacial score (nSPS) is 11.7. The van der Waals surface area contributed by atoms with Gasteiger partial charge in [-0.1, -0.05) is 23.2 Å². The summed E-state index contributed by atoms with van der Waals surface area (Å²) in [4.78, 5) is 4.37. The van der Waals surface area contributed by atoms with Crippen molar-refractivity contribution in [2.24, 2.45) is 7.05 Å². The van der Waals surface area contributed by atoms with Gasteiger partial charge in [-0.3, -0.25) is 0 Å². The first-order valence-corrected chi connectivity index (χ1v) is 8.59. The van der Waals surface area contributed by atoms with Crippen LogP contribution >= 0.6 is 50.5 Å². The molecule has 0 aliphatic carbocycles. The number of aromatic nitrogens is 3. The van der Waals surface area contributed by atoms with Crippen LogP contribution in [0, 0.1) is 6.92 Å². The molecule has 3 rings (SSSR count). The van der Waals surface area contributed by atoms with Gasteiger partial charge < -0.3 is 4.74 Å². The SMILES string of the molecule is Cc1nc2c(Cl)cc(Cl)c(-c3nn(C)c(OC(F)F)c3Br)c2s1. The molecule has 0 bridgehead atoms. The van der Waals surface area contributed by atoms with Gasteiger partial charge >= 0.3 is 6.61 Å². The molecule has 0 saturated carbocycles. The Labute approximate surface area is 152 Å². The molecule has 23 heavy (non-hydrogen) atoms. The molecule has 10 heteroatoms. The fraction of sp³-hybridized carbons (Fsp3) is 0.231. The molecule has 2 heterocycles. The van der Waals surface area contributed by atoms with Crippen LogP contribution in [0.15, 0.2) is 10.5 Å². The summed E-state index contributed by atoms with van der Waals surface area (Å²) < 4.78 is 31.8. The highest BCUT2D eigenvalue weighted by Gasteiger charge is 2.25. The van der Waals surface area contributed by atoms with Crippen LogP contribution in [-0.2, 0) is 7.05 Å². The monoisotopic (exact) mass is 441 g/mol. The number of hydrogen-bond acceptors (Lipinski definition) is 4. The van der Waals surface area contributed by atoms with E-state index in [1.807, 2.05) is 6.92 Å². The molecular formula is C13H8BrCl2F2N3OS. The maximum absolute atomic E-state index is 12.5. The van der Waals surface area contributed by atoms with Crippen LogP contribution in [0.1, 0.15) is 5.01 Å². The third kappa shape index (κ3) is 2.93. The number of benzene rings is 1. The van der Waals surface area contributed by atoms with Crippen molar-refractivity contribution in [1.29, 1.82) is 0 Å². The molecule has 0 spiro atoms. The smallest absolute Gasteiger partial charge is 0.388 e. The van der Waals surface area contributed by atoms with Gasteiger partial charge in [0.2, 0.25) is 5.88 Å². The van der Waals surface area contributed by atoms with E-state index in [0.29, 0.717) is 26.8 Å². The minimum atomic E-state index is -2.96. The highest BCUT2D eigenvalue weighted by atomic mass is 79.9. The Balaban J connectivity index is 2.29. The van der Waals surface area contributed by atoms with Crippen molar-refractivity contribution in [3.8, 4) is 17.1 Å². The zero-order chi connectivity index (χ0) is 16.9. The van der Waals surface area contributed by atoms with Crippen LogP contribution in [0.2, 0.25) is 10.0 Å². The molecule has 0 aliphatic rings. The molecule has 0 fully saturated rings. The second-order valence-electron chi connectivity index (χ2n) is 4.60. The summed E-state index contributed by atoms with van der Waals surface area (Å²) in [5, 5.41) is 5.83. The van der Waals surface area contributed by atoms with Gasteiger partial charge in [0.05, 0.1) is 19.8 Å². The van der Waals surface area contributed by atoms with E-state index >= 15 is 0 Å². The Morgan fingerprint density at radius 3 is 2.70 bits per heavy atom. The molecule has 3 aromatic rings. The van der Waals surface area contributed by atoms with Crippen LogP contribution in [0.25, 0.3) is 21.5 Å². The number of rotatable bonds is 3. The topological polar surface area (TPSA) is 39.9 Å². The van der Waals surface area contributed by atoms with E-state index in [9.17, 15) is 8.78 Å². The minimum Gasteiger partial charge on any atom is -0.416 e. The first-order chi connectivity index (χ1) is 10.8. The average Bonchev–Trinajstić information content (AvgIpc) is 2.95. The van der Waals surface area contributed by atoms with Gasteiger partial charge in [-0.2, -0.15) is 13.9 Å². The molecule has 0 radical (unpaired) electrons. The van der Waals surface area contributed by atoms with E-state index in [0.717, 1.165) is 9.71 Å². The van der Waals surface area contributed by atoms with E-state index in [1.54, 1.807) is 6.07 Å². The van der Waals surface area contributed by atoms with Gasteiger partial charge in [0, 0.05) is 12.6 Å². The van der Waals surface area contributed by atoms with E-state index in [2.05, 4.69) is 30.7 Å². The summed E-state index contributed by atoms with van der Waals surface area (Å²) in [6.07, 6.45) is 0. The van der Waals surface area contributed by atoms with Gasteiger partial charge in [0.15, 0.2) is 0 Å². The Bertz CT molecular complexity index is 913. The van der Waals surface area contributed by atoms with Crippen molar-refractivity contribution < 1.29 is 13.5 Å². The molecule has 4 nitrogen and oxygen atoms in total. The summed E-state index contributed by atoms with van der Waals surface area (Å²) >= 11 is 17.2. The van der Waals surface area contributed by atoms with Crippen molar-refractivity contribution in [3.63, 3.8) is 0 Å². The molecule has 0 aliphatic heterocycles. The third-order valence-electron chi connectivity index (χ3n) is 3.06. The molecule has 0 unspecified atom stereocenters. The van der Waals surface area contributed by atoms with Crippen molar-refractivity contribution in [2.75, 3.05) is 0 Å². The molecule has 0 saturated heterocycles. The molecule has 0 amide bonds. The Morgan fingerprint density at radius 2 is 2.04 bits per heavy atom. The van der Waals surface area contributed by atoms with Gasteiger partial charge in [-0.25, -0.2) is 9.67 Å². The Morgan fingerprint density at radius 1 is 1.35 bits per heavy atom. The number of hydrogen-bond donors (Lipinski definition) is 0. The first-order valence-electron chi connectivity index (χ1n) is 6.22. The molecular weight excluding hydrogens is 435 g/mol. The molecule has 2 aromatic heterocycles. The molecule has 0 N–H and O–H groups in total. The molecule has 122 valence electrons. The lowest BCUT2D eigenvalue weighted by atomic mass is 10.1. The fourth-order valence-electron chi connectivity index (χ4n) is 2.19. The van der Waals surface area contributed by atoms with Crippen molar-refractivity contribution in [3.05, 3.63) is 25.6 Å². The van der Waals surface area contributed by atoms with Gasteiger partial charge in [-0.05, 0) is 28.9 Å². The maximum Gasteiger partial charge on any atom is 0.388 e. The summed E-state index contributed by atoms with van der Waals surface area (Å²) in [6, 6.07) is 1.56. The summed E-state index contributed by atoms with van der Waals surface area (Å²) in [5.74, 6) is -0.0876. The van der Waals surface area contributed by atoms with Crippen molar-refractivity contribution in [1.82, 2.24) is 14.8 Å². The lowest BCUT2D eigenvalue weighted by molar-refractivity contribution is -0.0558. The molecule has 1 aromatic carbocycles. The lowest BCUT2D eigenvalue weighted by Crippen LogP contribution is -2.06. The number of halogens is 5. The van der Waals surface area contributed by atoms with E-state index < -0.39 is 6.61 Å². The van der Waals surface area contributed by atoms with Gasteiger partial charge in [0.1, 0.15) is 15.7 Å². The van der Waals surface area contributed by atoms with Crippen LogP contribution in [0.4, 0.5) is 8.78 Å². The van der Waals surface area contributed by atoms with E-state index in [-0.39, 0.29) is 10.4 Å². The number of ether oxygens (including phenoxy) is 1. The quantitative estimate of drug-likeness (QED) is 0.524. The van der Waals surface area contributed by atoms with Crippen LogP contribution in [0.5, 0.6) is 5.88 Å². The van der Waals surface area contributed by atoms with Crippen molar-refractivity contribution in [2.45, 2.75) is 13.5 Å². The fourth-order valence-corrected chi connectivity index (χ4v) is 4.52. The first kappa shape index (κ1) is 16.9. The highest BCUT2D eigenvalue weighted by molar-refractivity contribution is 9.10. The second-order valence-corrected chi connectivity index (χ2v) is 7.41. The summed E-state index contributed by atoms with van der Waals surface area (Å²) in [7, 11) is 1.50. The van der Waals surface area contributed by atoms with Gasteiger partial charge in [-0.15, -0.1) is 11.3 Å². The number of fused-ring (bicyclic) bond motifs is 1. The van der Waals surface area contributed by atoms with E-state index in [1.165, 1.54) is 23.1 Å². The largest absolute Gasteiger partial charge is 0.416 e. The Kier molecular flexibility index (Phi) is 4.52. The lowest BCUT2D eigenvalue weighted by Gasteiger charge is -2.05. The molecule has 0 atom stereocenters. The third-order valence-corrected chi connectivity index (χ3v) is 5.35. The zero-order valence-corrected chi connectivity index (χ0v) is 15.6.